The van der Waals surface area contributed by atoms with Crippen LogP contribution in [0.2, 0.25) is 0 Å². The second-order valence-electron chi connectivity index (χ2n) is 4.95. The molecule has 2 N–H and O–H groups in total. The van der Waals surface area contributed by atoms with Gasteiger partial charge in [-0.3, -0.25) is 0 Å². The SMILES string of the molecule is CCCc1ccc(C(N)Cn2ccnc2CC)cc1. The Morgan fingerprint density at radius 3 is 2.58 bits per heavy atom. The van der Waals surface area contributed by atoms with Crippen LogP contribution in [0.5, 0.6) is 0 Å². The van der Waals surface area contributed by atoms with E-state index in [1.54, 1.807) is 0 Å². The molecule has 19 heavy (non-hydrogen) atoms. The van der Waals surface area contributed by atoms with Crippen molar-refractivity contribution in [1.82, 2.24) is 9.55 Å². The fourth-order valence-electron chi connectivity index (χ4n) is 2.36. The molecular weight excluding hydrogens is 234 g/mol. The molecule has 0 fully saturated rings. The Balaban J connectivity index is 2.05. The minimum absolute atomic E-state index is 0.0233. The van der Waals surface area contributed by atoms with Crippen LogP contribution in [0.4, 0.5) is 0 Å². The summed E-state index contributed by atoms with van der Waals surface area (Å²) < 4.78 is 2.14. The number of imidazole rings is 1. The molecule has 3 heteroatoms. The van der Waals surface area contributed by atoms with Gasteiger partial charge in [0.05, 0.1) is 0 Å². The van der Waals surface area contributed by atoms with Crippen molar-refractivity contribution in [3.05, 3.63) is 53.6 Å². The maximum Gasteiger partial charge on any atom is 0.108 e. The molecule has 1 heterocycles. The third kappa shape index (κ3) is 3.44. The molecule has 0 aliphatic rings. The van der Waals surface area contributed by atoms with Gasteiger partial charge in [0, 0.05) is 31.4 Å². The van der Waals surface area contributed by atoms with Gasteiger partial charge in [-0.1, -0.05) is 44.5 Å². The number of hydrogen-bond acceptors (Lipinski definition) is 2. The van der Waals surface area contributed by atoms with Crippen LogP contribution in [-0.4, -0.2) is 9.55 Å². The summed E-state index contributed by atoms with van der Waals surface area (Å²) in [5.74, 6) is 1.10. The molecule has 1 unspecified atom stereocenters. The molecule has 0 aliphatic carbocycles. The number of rotatable bonds is 6. The lowest BCUT2D eigenvalue weighted by Crippen LogP contribution is -2.18. The minimum Gasteiger partial charge on any atom is -0.333 e. The highest BCUT2D eigenvalue weighted by Gasteiger charge is 2.09. The first-order chi connectivity index (χ1) is 9.24. The largest absolute Gasteiger partial charge is 0.333 e. The number of aryl methyl sites for hydroxylation is 2. The van der Waals surface area contributed by atoms with Gasteiger partial charge in [-0.25, -0.2) is 4.98 Å². The standard InChI is InChI=1S/C16H23N3/c1-3-5-13-6-8-14(9-7-13)15(17)12-19-11-10-18-16(19)4-2/h6-11,15H,3-5,12,17H2,1-2H3. The summed E-state index contributed by atoms with van der Waals surface area (Å²) in [4.78, 5) is 4.33. The Kier molecular flexibility index (Phi) is 4.74. The maximum absolute atomic E-state index is 6.29. The molecule has 2 aromatic rings. The van der Waals surface area contributed by atoms with E-state index in [-0.39, 0.29) is 6.04 Å². The van der Waals surface area contributed by atoms with Crippen molar-refractivity contribution in [2.45, 2.75) is 45.7 Å². The van der Waals surface area contributed by atoms with Crippen molar-refractivity contribution >= 4 is 0 Å². The van der Waals surface area contributed by atoms with E-state index in [2.05, 4.69) is 47.7 Å². The van der Waals surface area contributed by atoms with E-state index in [0.29, 0.717) is 0 Å². The van der Waals surface area contributed by atoms with Crippen LogP contribution in [0.25, 0.3) is 0 Å². The Hall–Kier alpha value is -1.61. The maximum atomic E-state index is 6.29. The van der Waals surface area contributed by atoms with Crippen molar-refractivity contribution in [2.75, 3.05) is 0 Å². The highest BCUT2D eigenvalue weighted by molar-refractivity contribution is 5.25. The van der Waals surface area contributed by atoms with Crippen LogP contribution < -0.4 is 5.73 Å². The van der Waals surface area contributed by atoms with Crippen molar-refractivity contribution in [3.63, 3.8) is 0 Å². The normalized spacial score (nSPS) is 12.6. The molecule has 0 radical (unpaired) electrons. The van der Waals surface area contributed by atoms with Crippen molar-refractivity contribution < 1.29 is 0 Å². The van der Waals surface area contributed by atoms with Crippen molar-refractivity contribution in [3.8, 4) is 0 Å². The number of nitrogens with two attached hydrogens (primary N) is 1. The van der Waals surface area contributed by atoms with Gasteiger partial charge in [0.15, 0.2) is 0 Å². The Morgan fingerprint density at radius 2 is 1.95 bits per heavy atom. The Bertz CT molecular complexity index is 499. The molecule has 2 rings (SSSR count). The van der Waals surface area contributed by atoms with E-state index in [1.807, 2.05) is 12.4 Å². The fraction of sp³-hybridized carbons (Fsp3) is 0.438. The summed E-state index contributed by atoms with van der Waals surface area (Å²) >= 11 is 0. The monoisotopic (exact) mass is 257 g/mol. The highest BCUT2D eigenvalue weighted by atomic mass is 15.1. The second kappa shape index (κ2) is 6.53. The molecule has 1 aromatic heterocycles. The van der Waals surface area contributed by atoms with Crippen LogP contribution in [-0.2, 0) is 19.4 Å². The summed E-state index contributed by atoms with van der Waals surface area (Å²) in [6.45, 7) is 5.10. The lowest BCUT2D eigenvalue weighted by Gasteiger charge is -2.15. The number of benzene rings is 1. The van der Waals surface area contributed by atoms with Gasteiger partial charge < -0.3 is 10.3 Å². The summed E-state index contributed by atoms with van der Waals surface area (Å²) in [5.41, 5.74) is 8.86. The average Bonchev–Trinajstić information content (AvgIpc) is 2.87. The first kappa shape index (κ1) is 13.8. The zero-order chi connectivity index (χ0) is 13.7. The lowest BCUT2D eigenvalue weighted by atomic mass is 10.0. The highest BCUT2D eigenvalue weighted by Crippen LogP contribution is 2.15. The summed E-state index contributed by atoms with van der Waals surface area (Å²) in [7, 11) is 0. The van der Waals surface area contributed by atoms with Gasteiger partial charge in [-0.2, -0.15) is 0 Å². The molecular formula is C16H23N3. The zero-order valence-electron chi connectivity index (χ0n) is 11.8. The summed E-state index contributed by atoms with van der Waals surface area (Å²) in [6, 6.07) is 8.70. The third-order valence-corrected chi connectivity index (χ3v) is 3.46. The number of aromatic nitrogens is 2. The smallest absolute Gasteiger partial charge is 0.108 e. The summed E-state index contributed by atoms with van der Waals surface area (Å²) in [6.07, 6.45) is 7.10. The molecule has 0 bridgehead atoms. The quantitative estimate of drug-likeness (QED) is 0.864. The minimum atomic E-state index is 0.0233. The van der Waals surface area contributed by atoms with Crippen LogP contribution in [0.1, 0.15) is 43.3 Å². The Morgan fingerprint density at radius 1 is 1.21 bits per heavy atom. The van der Waals surface area contributed by atoms with E-state index in [4.69, 9.17) is 5.73 Å². The van der Waals surface area contributed by atoms with Crippen LogP contribution in [0.3, 0.4) is 0 Å². The lowest BCUT2D eigenvalue weighted by molar-refractivity contribution is 0.557. The van der Waals surface area contributed by atoms with E-state index < -0.39 is 0 Å². The fourth-order valence-corrected chi connectivity index (χ4v) is 2.36. The average molecular weight is 257 g/mol. The molecule has 102 valence electrons. The first-order valence-electron chi connectivity index (χ1n) is 7.09. The third-order valence-electron chi connectivity index (χ3n) is 3.46. The predicted octanol–water partition coefficient (Wildman–Crippen LogP) is 3.10. The van der Waals surface area contributed by atoms with Crippen LogP contribution in [0.15, 0.2) is 36.7 Å². The van der Waals surface area contributed by atoms with Crippen LogP contribution >= 0.6 is 0 Å². The van der Waals surface area contributed by atoms with E-state index in [1.165, 1.54) is 17.5 Å². The van der Waals surface area contributed by atoms with Gasteiger partial charge in [0.25, 0.3) is 0 Å². The van der Waals surface area contributed by atoms with Gasteiger partial charge in [0.2, 0.25) is 0 Å². The Labute approximate surface area is 115 Å². The number of nitrogens with zero attached hydrogens (tertiary/aromatic N) is 2. The molecule has 3 nitrogen and oxygen atoms in total. The van der Waals surface area contributed by atoms with Gasteiger partial charge in [-0.05, 0) is 17.5 Å². The molecule has 0 spiro atoms. The first-order valence-corrected chi connectivity index (χ1v) is 7.09. The van der Waals surface area contributed by atoms with E-state index in [0.717, 1.165) is 25.2 Å². The van der Waals surface area contributed by atoms with E-state index >= 15 is 0 Å². The topological polar surface area (TPSA) is 43.8 Å². The molecule has 0 aliphatic heterocycles. The molecule has 1 atom stereocenters. The molecule has 0 saturated heterocycles. The van der Waals surface area contributed by atoms with Crippen LogP contribution in [0, 0.1) is 0 Å². The van der Waals surface area contributed by atoms with Crippen molar-refractivity contribution in [1.29, 1.82) is 0 Å². The van der Waals surface area contributed by atoms with Gasteiger partial charge >= 0.3 is 0 Å². The zero-order valence-corrected chi connectivity index (χ0v) is 11.8. The molecule has 0 amide bonds. The number of hydrogen-bond donors (Lipinski definition) is 1. The second-order valence-corrected chi connectivity index (χ2v) is 4.95. The molecule has 1 aromatic carbocycles. The van der Waals surface area contributed by atoms with Crippen molar-refractivity contribution in [2.24, 2.45) is 5.73 Å². The predicted molar refractivity (Wildman–Crippen MR) is 79.0 cm³/mol. The summed E-state index contributed by atoms with van der Waals surface area (Å²) in [5, 5.41) is 0. The van der Waals surface area contributed by atoms with Gasteiger partial charge in [-0.15, -0.1) is 0 Å². The molecule has 0 saturated carbocycles. The van der Waals surface area contributed by atoms with E-state index in [9.17, 15) is 0 Å². The van der Waals surface area contributed by atoms with Gasteiger partial charge in [0.1, 0.15) is 5.82 Å².